The zero-order chi connectivity index (χ0) is 24.2. The molecule has 184 valence electrons. The summed E-state index contributed by atoms with van der Waals surface area (Å²) in [5.74, 6) is 2.09. The normalized spacial score (nSPS) is 19.5. The second kappa shape index (κ2) is 10.5. The molecule has 4 heterocycles. The SMILES string of the molecule is COc1ccc2nccc(NC(=O)C[C@@H]3CCC(N(C)Cc4ccc5c(c4)OCCO5)CN3)c2n1. The van der Waals surface area contributed by atoms with Crippen LogP contribution in [-0.4, -0.2) is 66.8 Å². The smallest absolute Gasteiger partial charge is 0.225 e. The molecule has 1 unspecified atom stereocenters. The molecule has 0 aliphatic carbocycles. The first kappa shape index (κ1) is 23.3. The van der Waals surface area contributed by atoms with Crippen LogP contribution in [0.4, 0.5) is 5.69 Å². The number of nitrogens with one attached hydrogen (secondary N) is 2. The van der Waals surface area contributed by atoms with Gasteiger partial charge in [0.15, 0.2) is 11.5 Å². The summed E-state index contributed by atoms with van der Waals surface area (Å²) in [5, 5.41) is 6.57. The minimum absolute atomic E-state index is 0.0392. The number of ether oxygens (including phenoxy) is 3. The Balaban J connectivity index is 1.13. The number of carbonyl (C=O) groups is 1. The minimum Gasteiger partial charge on any atom is -0.486 e. The van der Waals surface area contributed by atoms with E-state index in [0.29, 0.717) is 48.3 Å². The Labute approximate surface area is 204 Å². The van der Waals surface area contributed by atoms with Gasteiger partial charge in [-0.25, -0.2) is 4.98 Å². The Kier molecular flexibility index (Phi) is 6.96. The van der Waals surface area contributed by atoms with Gasteiger partial charge in [0.2, 0.25) is 11.8 Å². The molecule has 2 aromatic heterocycles. The van der Waals surface area contributed by atoms with Crippen LogP contribution in [0.1, 0.15) is 24.8 Å². The van der Waals surface area contributed by atoms with Crippen LogP contribution in [0.25, 0.3) is 11.0 Å². The van der Waals surface area contributed by atoms with E-state index >= 15 is 0 Å². The molecule has 2 aliphatic rings. The predicted octanol–water partition coefficient (Wildman–Crippen LogP) is 2.99. The molecule has 9 heteroatoms. The van der Waals surface area contributed by atoms with Gasteiger partial charge in [0, 0.05) is 43.9 Å². The Bertz CT molecular complexity index is 1200. The zero-order valence-corrected chi connectivity index (χ0v) is 20.1. The van der Waals surface area contributed by atoms with Crippen molar-refractivity contribution in [3.63, 3.8) is 0 Å². The second-order valence-corrected chi connectivity index (χ2v) is 9.06. The fourth-order valence-electron chi connectivity index (χ4n) is 4.70. The van der Waals surface area contributed by atoms with Crippen molar-refractivity contribution in [2.75, 3.05) is 39.2 Å². The van der Waals surface area contributed by atoms with Gasteiger partial charge in [0.05, 0.1) is 18.3 Å². The van der Waals surface area contributed by atoms with Crippen molar-refractivity contribution < 1.29 is 19.0 Å². The summed E-state index contributed by atoms with van der Waals surface area (Å²) in [5.41, 5.74) is 3.18. The van der Waals surface area contributed by atoms with E-state index in [0.717, 1.165) is 37.4 Å². The maximum atomic E-state index is 12.8. The van der Waals surface area contributed by atoms with E-state index in [2.05, 4.69) is 44.7 Å². The molecular weight excluding hydrogens is 446 g/mol. The average molecular weight is 478 g/mol. The number of hydrogen-bond donors (Lipinski definition) is 2. The topological polar surface area (TPSA) is 97.8 Å². The molecule has 2 N–H and O–H groups in total. The van der Waals surface area contributed by atoms with Crippen molar-refractivity contribution in [2.24, 2.45) is 0 Å². The van der Waals surface area contributed by atoms with Gasteiger partial charge >= 0.3 is 0 Å². The third kappa shape index (κ3) is 5.47. The van der Waals surface area contributed by atoms with Crippen molar-refractivity contribution >= 4 is 22.6 Å². The fraction of sp³-hybridized carbons (Fsp3) is 0.423. The van der Waals surface area contributed by atoms with Crippen molar-refractivity contribution in [3.05, 3.63) is 48.2 Å². The summed E-state index contributed by atoms with van der Waals surface area (Å²) in [6.07, 6.45) is 4.05. The van der Waals surface area contributed by atoms with Crippen LogP contribution in [0.5, 0.6) is 17.4 Å². The van der Waals surface area contributed by atoms with E-state index in [1.807, 2.05) is 12.1 Å². The average Bonchev–Trinajstić information content (AvgIpc) is 2.89. The van der Waals surface area contributed by atoms with Crippen molar-refractivity contribution in [1.29, 1.82) is 0 Å². The molecule has 2 aliphatic heterocycles. The summed E-state index contributed by atoms with van der Waals surface area (Å²) in [4.78, 5) is 23.9. The summed E-state index contributed by atoms with van der Waals surface area (Å²) in [6, 6.07) is 12.1. The Morgan fingerprint density at radius 2 is 2.03 bits per heavy atom. The van der Waals surface area contributed by atoms with Crippen LogP contribution in [0, 0.1) is 0 Å². The summed E-state index contributed by atoms with van der Waals surface area (Å²) >= 11 is 0. The highest BCUT2D eigenvalue weighted by Gasteiger charge is 2.25. The number of hydrogen-bond acceptors (Lipinski definition) is 8. The maximum Gasteiger partial charge on any atom is 0.225 e. The van der Waals surface area contributed by atoms with Crippen LogP contribution < -0.4 is 24.8 Å². The molecule has 0 bridgehead atoms. The van der Waals surface area contributed by atoms with Crippen LogP contribution in [0.15, 0.2) is 42.6 Å². The van der Waals surface area contributed by atoms with Gasteiger partial charge in [-0.15, -0.1) is 0 Å². The molecule has 0 radical (unpaired) electrons. The van der Waals surface area contributed by atoms with Gasteiger partial charge in [-0.1, -0.05) is 6.07 Å². The third-order valence-electron chi connectivity index (χ3n) is 6.63. The number of methoxy groups -OCH3 is 1. The van der Waals surface area contributed by atoms with Crippen LogP contribution in [0.3, 0.4) is 0 Å². The number of anilines is 1. The number of likely N-dealkylation sites (N-methyl/N-ethyl adjacent to an activating group) is 1. The van der Waals surface area contributed by atoms with E-state index in [-0.39, 0.29) is 11.9 Å². The van der Waals surface area contributed by atoms with E-state index in [1.165, 1.54) is 5.56 Å². The number of carbonyl (C=O) groups excluding carboxylic acids is 1. The lowest BCUT2D eigenvalue weighted by Crippen LogP contribution is -2.49. The van der Waals surface area contributed by atoms with Gasteiger partial charge in [0.25, 0.3) is 0 Å². The number of benzene rings is 1. The molecule has 2 atom stereocenters. The molecule has 1 amide bonds. The number of fused-ring (bicyclic) bond motifs is 2. The number of piperidine rings is 1. The Morgan fingerprint density at radius 1 is 1.17 bits per heavy atom. The minimum atomic E-state index is -0.0392. The third-order valence-corrected chi connectivity index (χ3v) is 6.63. The second-order valence-electron chi connectivity index (χ2n) is 9.06. The first-order chi connectivity index (χ1) is 17.1. The first-order valence-corrected chi connectivity index (χ1v) is 12.0. The highest BCUT2D eigenvalue weighted by Crippen LogP contribution is 2.31. The number of amides is 1. The lowest BCUT2D eigenvalue weighted by Gasteiger charge is -2.35. The highest BCUT2D eigenvalue weighted by atomic mass is 16.6. The van der Waals surface area contributed by atoms with Gasteiger partial charge in [0.1, 0.15) is 18.7 Å². The molecule has 9 nitrogen and oxygen atoms in total. The maximum absolute atomic E-state index is 12.8. The molecular formula is C26H31N5O4. The lowest BCUT2D eigenvalue weighted by atomic mass is 9.97. The van der Waals surface area contributed by atoms with E-state index in [1.54, 1.807) is 25.4 Å². The highest BCUT2D eigenvalue weighted by molar-refractivity contribution is 5.99. The predicted molar refractivity (Wildman–Crippen MR) is 133 cm³/mol. The molecule has 3 aromatic rings. The summed E-state index contributed by atoms with van der Waals surface area (Å²) in [6.45, 7) is 2.87. The Morgan fingerprint density at radius 3 is 2.83 bits per heavy atom. The largest absolute Gasteiger partial charge is 0.486 e. The fourth-order valence-corrected chi connectivity index (χ4v) is 4.70. The van der Waals surface area contributed by atoms with Crippen molar-refractivity contribution in [2.45, 2.75) is 37.9 Å². The standard InChI is InChI=1S/C26H31N5O4/c1-31(16-17-3-7-22-23(13-17)35-12-11-34-22)19-5-4-18(28-15-19)14-24(32)29-21-9-10-27-20-6-8-25(33-2)30-26(20)21/h3,6-10,13,18-19,28H,4-5,11-12,14-16H2,1-2H3,(H,27,29,32)/t18-,19?/m0/s1. The lowest BCUT2D eigenvalue weighted by molar-refractivity contribution is -0.116. The van der Waals surface area contributed by atoms with Crippen molar-refractivity contribution in [1.82, 2.24) is 20.2 Å². The summed E-state index contributed by atoms with van der Waals surface area (Å²) in [7, 11) is 3.71. The first-order valence-electron chi connectivity index (χ1n) is 12.0. The van der Waals surface area contributed by atoms with Crippen LogP contribution >= 0.6 is 0 Å². The quantitative estimate of drug-likeness (QED) is 0.536. The number of aromatic nitrogens is 2. The molecule has 0 spiro atoms. The number of pyridine rings is 2. The van der Waals surface area contributed by atoms with E-state index in [9.17, 15) is 4.79 Å². The molecule has 1 saturated heterocycles. The molecule has 35 heavy (non-hydrogen) atoms. The van der Waals surface area contributed by atoms with Gasteiger partial charge < -0.3 is 24.8 Å². The van der Waals surface area contributed by atoms with Gasteiger partial charge in [-0.05, 0) is 49.7 Å². The molecule has 1 fully saturated rings. The zero-order valence-electron chi connectivity index (χ0n) is 20.1. The number of rotatable bonds is 7. The van der Waals surface area contributed by atoms with E-state index < -0.39 is 0 Å². The van der Waals surface area contributed by atoms with Gasteiger partial charge in [-0.2, -0.15) is 0 Å². The molecule has 1 aromatic carbocycles. The van der Waals surface area contributed by atoms with E-state index in [4.69, 9.17) is 14.2 Å². The summed E-state index contributed by atoms with van der Waals surface area (Å²) < 4.78 is 16.5. The number of nitrogens with zero attached hydrogens (tertiary/aromatic N) is 3. The monoisotopic (exact) mass is 477 g/mol. The Hall–Kier alpha value is -3.43. The van der Waals surface area contributed by atoms with Gasteiger partial charge in [-0.3, -0.25) is 14.7 Å². The van der Waals surface area contributed by atoms with Crippen molar-refractivity contribution in [3.8, 4) is 17.4 Å². The molecule has 5 rings (SSSR count). The molecule has 0 saturated carbocycles. The van der Waals surface area contributed by atoms with Crippen LogP contribution in [0.2, 0.25) is 0 Å². The van der Waals surface area contributed by atoms with Crippen LogP contribution in [-0.2, 0) is 11.3 Å².